The van der Waals surface area contributed by atoms with E-state index in [1.54, 1.807) is 13.8 Å². The molecule has 0 aromatic rings. The zero-order valence-electron chi connectivity index (χ0n) is 8.12. The predicted octanol–water partition coefficient (Wildman–Crippen LogP) is -1.11. The molecule has 4 N–H and O–H groups in total. The normalized spacial score (nSPS) is 39.4. The second-order valence-electron chi connectivity index (χ2n) is 3.82. The van der Waals surface area contributed by atoms with Gasteiger partial charge in [-0.05, 0) is 13.8 Å². The minimum atomic E-state index is -1.08. The van der Waals surface area contributed by atoms with Crippen LogP contribution in [0.25, 0.3) is 0 Å². The molecule has 84 valence electrons. The summed E-state index contributed by atoms with van der Waals surface area (Å²) in [7, 11) is 0. The third-order valence-corrected chi connectivity index (χ3v) is 3.48. The van der Waals surface area contributed by atoms with E-state index in [9.17, 15) is 15.3 Å². The van der Waals surface area contributed by atoms with Crippen molar-refractivity contribution in [2.75, 3.05) is 6.61 Å². The first-order chi connectivity index (χ1) is 6.38. The van der Waals surface area contributed by atoms with Crippen LogP contribution in [0.1, 0.15) is 13.8 Å². The topological polar surface area (TPSA) is 90.2 Å². The molecular weight excluding hydrogens is 208 g/mol. The van der Waals surface area contributed by atoms with Gasteiger partial charge in [0.2, 0.25) is 5.62 Å². The van der Waals surface area contributed by atoms with Crippen LogP contribution >= 0.6 is 11.8 Å². The molecule has 1 saturated heterocycles. The van der Waals surface area contributed by atoms with Gasteiger partial charge in [-0.3, -0.25) is 0 Å². The molecule has 6 heteroatoms. The first-order valence-electron chi connectivity index (χ1n) is 4.37. The Balaban J connectivity index is 2.75. The van der Waals surface area contributed by atoms with E-state index in [1.165, 1.54) is 0 Å². The first kappa shape index (κ1) is 12.2. The highest BCUT2D eigenvalue weighted by molar-refractivity contribution is 8.00. The molecular formula is C8H16O5S. The molecule has 0 aliphatic carbocycles. The fourth-order valence-electron chi connectivity index (χ4n) is 1.37. The van der Waals surface area contributed by atoms with Crippen molar-refractivity contribution in [2.24, 2.45) is 0 Å². The summed E-state index contributed by atoms with van der Waals surface area (Å²) in [6.45, 7) is 2.80. The van der Waals surface area contributed by atoms with Gasteiger partial charge in [0.1, 0.15) is 0 Å². The van der Waals surface area contributed by atoms with Crippen molar-refractivity contribution in [2.45, 2.75) is 42.5 Å². The number of aliphatic hydroxyl groups is 4. The highest BCUT2D eigenvalue weighted by atomic mass is 32.2. The van der Waals surface area contributed by atoms with Gasteiger partial charge in [0.05, 0.1) is 29.7 Å². The fourth-order valence-corrected chi connectivity index (χ4v) is 2.68. The second-order valence-corrected chi connectivity index (χ2v) is 5.04. The number of thioether (sulfide) groups is 1. The van der Waals surface area contributed by atoms with Crippen molar-refractivity contribution in [3.05, 3.63) is 0 Å². The Hall–Kier alpha value is 0.150. The van der Waals surface area contributed by atoms with E-state index in [-0.39, 0.29) is 0 Å². The number of ether oxygens (including phenoxy) is 1. The Morgan fingerprint density at radius 2 is 2.00 bits per heavy atom. The highest BCUT2D eigenvalue weighted by Gasteiger charge is 2.45. The van der Waals surface area contributed by atoms with Crippen LogP contribution in [0.2, 0.25) is 0 Å². The maximum Gasteiger partial charge on any atom is 0.205 e. The average Bonchev–Trinajstić information content (AvgIpc) is 2.09. The summed E-state index contributed by atoms with van der Waals surface area (Å²) in [5.41, 5.74) is -2.01. The summed E-state index contributed by atoms with van der Waals surface area (Å²) in [6, 6.07) is 0. The average molecular weight is 224 g/mol. The van der Waals surface area contributed by atoms with Crippen LogP contribution in [0, 0.1) is 0 Å². The minimum Gasteiger partial charge on any atom is -0.394 e. The summed E-state index contributed by atoms with van der Waals surface area (Å²) < 4.78 is 5.09. The molecule has 4 atom stereocenters. The van der Waals surface area contributed by atoms with E-state index < -0.39 is 35.3 Å². The summed E-state index contributed by atoms with van der Waals surface area (Å²) in [6.07, 6.45) is -1.99. The maximum atomic E-state index is 9.79. The molecule has 1 fully saturated rings. The lowest BCUT2D eigenvalue weighted by atomic mass is 9.95. The van der Waals surface area contributed by atoms with Crippen LogP contribution in [-0.4, -0.2) is 55.7 Å². The maximum absolute atomic E-state index is 9.79. The van der Waals surface area contributed by atoms with Crippen LogP contribution in [0.3, 0.4) is 0 Å². The Kier molecular flexibility index (Phi) is 3.79. The molecule has 0 aromatic heterocycles. The molecule has 0 saturated carbocycles. The SMILES string of the molecule is CC1(C)OC(O)SC(C(O)CO)C1O. The summed E-state index contributed by atoms with van der Waals surface area (Å²) >= 11 is 0.903. The van der Waals surface area contributed by atoms with Gasteiger partial charge in [0.15, 0.2) is 0 Å². The van der Waals surface area contributed by atoms with Crippen molar-refractivity contribution in [1.29, 1.82) is 0 Å². The molecule has 1 aliphatic heterocycles. The van der Waals surface area contributed by atoms with E-state index in [1.807, 2.05) is 0 Å². The van der Waals surface area contributed by atoms with Crippen LogP contribution in [0.4, 0.5) is 0 Å². The van der Waals surface area contributed by atoms with Gasteiger partial charge in [-0.2, -0.15) is 0 Å². The lowest BCUT2D eigenvalue weighted by molar-refractivity contribution is -0.184. The third kappa shape index (κ3) is 2.39. The quantitative estimate of drug-likeness (QED) is 0.475. The van der Waals surface area contributed by atoms with Crippen molar-refractivity contribution < 1.29 is 25.2 Å². The molecule has 1 heterocycles. The van der Waals surface area contributed by atoms with Crippen molar-refractivity contribution in [3.63, 3.8) is 0 Å². The van der Waals surface area contributed by atoms with Gasteiger partial charge in [-0.15, -0.1) is 0 Å². The van der Waals surface area contributed by atoms with Crippen LogP contribution in [-0.2, 0) is 4.74 Å². The number of rotatable bonds is 2. The third-order valence-electron chi connectivity index (χ3n) is 2.27. The number of aliphatic hydroxyl groups excluding tert-OH is 4. The number of hydrogen-bond donors (Lipinski definition) is 4. The fraction of sp³-hybridized carbons (Fsp3) is 1.00. The van der Waals surface area contributed by atoms with Crippen LogP contribution in [0.5, 0.6) is 0 Å². The van der Waals surface area contributed by atoms with Crippen molar-refractivity contribution in [1.82, 2.24) is 0 Å². The molecule has 4 unspecified atom stereocenters. The van der Waals surface area contributed by atoms with Gasteiger partial charge in [-0.25, -0.2) is 0 Å². The van der Waals surface area contributed by atoms with Crippen LogP contribution in [0.15, 0.2) is 0 Å². The van der Waals surface area contributed by atoms with Crippen molar-refractivity contribution >= 4 is 11.8 Å². The molecule has 0 amide bonds. The molecule has 0 bridgehead atoms. The van der Waals surface area contributed by atoms with E-state index in [0.717, 1.165) is 11.8 Å². The number of hydrogen-bond acceptors (Lipinski definition) is 6. The zero-order chi connectivity index (χ0) is 10.9. The summed E-state index contributed by atoms with van der Waals surface area (Å²) in [4.78, 5) is 0. The molecule has 0 aromatic carbocycles. The Labute approximate surface area is 86.7 Å². The van der Waals surface area contributed by atoms with Gasteiger partial charge in [0.25, 0.3) is 0 Å². The largest absolute Gasteiger partial charge is 0.394 e. The molecule has 1 rings (SSSR count). The molecule has 14 heavy (non-hydrogen) atoms. The smallest absolute Gasteiger partial charge is 0.205 e. The van der Waals surface area contributed by atoms with E-state index in [0.29, 0.717) is 0 Å². The first-order valence-corrected chi connectivity index (χ1v) is 5.31. The van der Waals surface area contributed by atoms with Crippen molar-refractivity contribution in [3.8, 4) is 0 Å². The van der Waals surface area contributed by atoms with Gasteiger partial charge in [0, 0.05) is 0 Å². The molecule has 0 spiro atoms. The van der Waals surface area contributed by atoms with E-state index in [4.69, 9.17) is 9.84 Å². The minimum absolute atomic E-state index is 0.447. The van der Waals surface area contributed by atoms with E-state index in [2.05, 4.69) is 0 Å². The summed E-state index contributed by atoms with van der Waals surface area (Å²) in [5, 5.41) is 36.6. The highest BCUT2D eigenvalue weighted by Crippen LogP contribution is 2.37. The standard InChI is InChI=1S/C8H16O5S/c1-8(2)6(11)5(4(10)3-9)14-7(12)13-8/h4-7,9-12H,3H2,1-2H3. The van der Waals surface area contributed by atoms with E-state index >= 15 is 0 Å². The molecule has 0 radical (unpaired) electrons. The molecule has 1 aliphatic rings. The Morgan fingerprint density at radius 1 is 1.43 bits per heavy atom. The monoisotopic (exact) mass is 224 g/mol. The van der Waals surface area contributed by atoms with Gasteiger partial charge < -0.3 is 25.2 Å². The second kappa shape index (κ2) is 4.34. The predicted molar refractivity (Wildman–Crippen MR) is 51.6 cm³/mol. The summed E-state index contributed by atoms with van der Waals surface area (Å²) in [5.74, 6) is 0. The lowest BCUT2D eigenvalue weighted by Gasteiger charge is -2.43. The zero-order valence-corrected chi connectivity index (χ0v) is 8.94. The Bertz CT molecular complexity index is 198. The van der Waals surface area contributed by atoms with Gasteiger partial charge >= 0.3 is 0 Å². The van der Waals surface area contributed by atoms with Crippen LogP contribution < -0.4 is 0 Å². The van der Waals surface area contributed by atoms with Gasteiger partial charge in [-0.1, -0.05) is 11.8 Å². The Morgan fingerprint density at radius 3 is 2.50 bits per heavy atom. The molecule has 5 nitrogen and oxygen atoms in total. The lowest BCUT2D eigenvalue weighted by Crippen LogP contribution is -2.56.